The lowest BCUT2D eigenvalue weighted by Gasteiger charge is -2.09. The van der Waals surface area contributed by atoms with E-state index >= 15 is 0 Å². The van der Waals surface area contributed by atoms with E-state index in [1.54, 1.807) is 42.0 Å². The van der Waals surface area contributed by atoms with Crippen molar-refractivity contribution in [2.45, 2.75) is 25.8 Å². The van der Waals surface area contributed by atoms with Gasteiger partial charge in [0.25, 0.3) is 0 Å². The maximum atomic E-state index is 13.8. The van der Waals surface area contributed by atoms with Crippen molar-refractivity contribution in [3.8, 4) is 22.5 Å². The van der Waals surface area contributed by atoms with Crippen LogP contribution >= 0.6 is 0 Å². The highest BCUT2D eigenvalue weighted by Crippen LogP contribution is 2.33. The van der Waals surface area contributed by atoms with E-state index in [2.05, 4.69) is 20.7 Å². The van der Waals surface area contributed by atoms with Gasteiger partial charge in [0.05, 0.1) is 5.69 Å². The van der Waals surface area contributed by atoms with Crippen molar-refractivity contribution in [2.75, 3.05) is 5.32 Å². The smallest absolute Gasteiger partial charge is 0.320 e. The molecule has 1 saturated carbocycles. The number of anilines is 1. The van der Waals surface area contributed by atoms with Gasteiger partial charge in [0, 0.05) is 29.6 Å². The molecular formula is C22H19FN6O. The monoisotopic (exact) mass is 402 g/mol. The van der Waals surface area contributed by atoms with Crippen LogP contribution in [0.15, 0.2) is 54.9 Å². The number of aryl methyl sites for hydroxylation is 1. The molecule has 0 aliphatic heterocycles. The van der Waals surface area contributed by atoms with E-state index in [1.165, 1.54) is 6.07 Å². The first kappa shape index (κ1) is 18.2. The number of amides is 2. The van der Waals surface area contributed by atoms with Crippen molar-refractivity contribution in [3.63, 3.8) is 0 Å². The van der Waals surface area contributed by atoms with Crippen LogP contribution in [0.2, 0.25) is 0 Å². The first-order chi connectivity index (χ1) is 14.6. The minimum Gasteiger partial charge on any atom is -0.335 e. The van der Waals surface area contributed by atoms with Gasteiger partial charge >= 0.3 is 6.03 Å². The van der Waals surface area contributed by atoms with Crippen molar-refractivity contribution in [1.29, 1.82) is 0 Å². The summed E-state index contributed by atoms with van der Waals surface area (Å²) in [5.74, 6) is 0.164. The fourth-order valence-electron chi connectivity index (χ4n) is 3.35. The van der Waals surface area contributed by atoms with Crippen LogP contribution < -0.4 is 10.6 Å². The molecule has 2 N–H and O–H groups in total. The van der Waals surface area contributed by atoms with Crippen LogP contribution in [0, 0.1) is 12.7 Å². The topological polar surface area (TPSA) is 84.2 Å². The summed E-state index contributed by atoms with van der Waals surface area (Å²) in [5, 5.41) is 10.1. The molecule has 0 saturated heterocycles. The molecule has 30 heavy (non-hydrogen) atoms. The maximum Gasteiger partial charge on any atom is 0.320 e. The van der Waals surface area contributed by atoms with Crippen LogP contribution in [0.5, 0.6) is 0 Å². The van der Waals surface area contributed by atoms with E-state index < -0.39 is 0 Å². The molecule has 0 bridgehead atoms. The Morgan fingerprint density at radius 2 is 2.00 bits per heavy atom. The van der Waals surface area contributed by atoms with Crippen molar-refractivity contribution in [1.82, 2.24) is 24.9 Å². The highest BCUT2D eigenvalue weighted by atomic mass is 19.1. The number of nitrogens with one attached hydrogen (secondary N) is 2. The van der Waals surface area contributed by atoms with Crippen LogP contribution in [0.3, 0.4) is 0 Å². The SMILES string of the molecule is Cc1cc(-c2nc3cccnn3c2-c2ccnc(NC(=O)NC3CC3)c2)ccc1F. The van der Waals surface area contributed by atoms with Crippen LogP contribution in [0.25, 0.3) is 28.2 Å². The summed E-state index contributed by atoms with van der Waals surface area (Å²) in [5.41, 5.74) is 4.20. The Morgan fingerprint density at radius 1 is 1.13 bits per heavy atom. The zero-order valence-corrected chi connectivity index (χ0v) is 16.3. The number of rotatable bonds is 4. The molecule has 0 atom stereocenters. The standard InChI is InChI=1S/C22H19FN6O/c1-13-11-14(4-7-17(13)23)20-21(29-19(28-20)3-2-9-25-29)15-8-10-24-18(12-15)27-22(30)26-16-5-6-16/h2-4,7-12,16H,5-6H2,1H3,(H2,24,26,27,30). The molecule has 7 nitrogen and oxygen atoms in total. The molecule has 0 radical (unpaired) electrons. The highest BCUT2D eigenvalue weighted by molar-refractivity contribution is 5.90. The first-order valence-corrected chi connectivity index (χ1v) is 9.73. The van der Waals surface area contributed by atoms with Crippen molar-refractivity contribution in [3.05, 3.63) is 66.2 Å². The predicted molar refractivity (Wildman–Crippen MR) is 112 cm³/mol. The van der Waals surface area contributed by atoms with Gasteiger partial charge in [-0.25, -0.2) is 23.7 Å². The number of carbonyl (C=O) groups is 1. The summed E-state index contributed by atoms with van der Waals surface area (Å²) in [6.45, 7) is 1.72. The highest BCUT2D eigenvalue weighted by Gasteiger charge is 2.23. The molecule has 150 valence electrons. The lowest BCUT2D eigenvalue weighted by molar-refractivity contribution is 0.251. The summed E-state index contributed by atoms with van der Waals surface area (Å²) in [4.78, 5) is 21.1. The Bertz CT molecular complexity index is 1260. The fourth-order valence-corrected chi connectivity index (χ4v) is 3.35. The Labute approximate surface area is 172 Å². The van der Waals surface area contributed by atoms with Gasteiger partial charge in [-0.2, -0.15) is 5.10 Å². The Morgan fingerprint density at radius 3 is 2.80 bits per heavy atom. The third kappa shape index (κ3) is 3.47. The van der Waals surface area contributed by atoms with Gasteiger partial charge < -0.3 is 5.32 Å². The average Bonchev–Trinajstić information content (AvgIpc) is 3.46. The Kier molecular flexibility index (Phi) is 4.39. The number of urea groups is 1. The van der Waals surface area contributed by atoms with Crippen molar-refractivity contribution in [2.24, 2.45) is 0 Å². The maximum absolute atomic E-state index is 13.8. The molecule has 1 aromatic carbocycles. The van der Waals surface area contributed by atoms with E-state index in [-0.39, 0.29) is 17.9 Å². The second kappa shape index (κ2) is 7.22. The number of hydrogen-bond acceptors (Lipinski definition) is 4. The molecule has 1 fully saturated rings. The van der Waals surface area contributed by atoms with Gasteiger partial charge in [-0.15, -0.1) is 0 Å². The normalized spacial score (nSPS) is 13.4. The molecule has 3 aromatic heterocycles. The molecule has 0 spiro atoms. The molecule has 0 unspecified atom stereocenters. The minimum absolute atomic E-state index is 0.254. The van der Waals surface area contributed by atoms with Gasteiger partial charge in [0.2, 0.25) is 0 Å². The summed E-state index contributed by atoms with van der Waals surface area (Å²) in [6.07, 6.45) is 5.33. The number of fused-ring (bicyclic) bond motifs is 1. The first-order valence-electron chi connectivity index (χ1n) is 9.73. The molecule has 8 heteroatoms. The average molecular weight is 402 g/mol. The molecule has 5 rings (SSSR count). The molecule has 1 aliphatic rings. The quantitative estimate of drug-likeness (QED) is 0.536. The molecular weight excluding hydrogens is 383 g/mol. The minimum atomic E-state index is -0.271. The van der Waals surface area contributed by atoms with Crippen LogP contribution in [-0.4, -0.2) is 31.7 Å². The number of carbonyl (C=O) groups excluding carboxylic acids is 1. The van der Waals surface area contributed by atoms with Crippen LogP contribution in [-0.2, 0) is 0 Å². The number of imidazole rings is 1. The van der Waals surface area contributed by atoms with E-state index in [9.17, 15) is 9.18 Å². The van der Waals surface area contributed by atoms with Gasteiger partial charge in [0.15, 0.2) is 5.65 Å². The summed E-state index contributed by atoms with van der Waals surface area (Å²) in [6, 6.07) is 12.2. The molecule has 3 heterocycles. The van der Waals surface area contributed by atoms with E-state index in [0.29, 0.717) is 22.7 Å². The van der Waals surface area contributed by atoms with E-state index in [0.717, 1.165) is 29.7 Å². The second-order valence-electron chi connectivity index (χ2n) is 7.37. The zero-order valence-electron chi connectivity index (χ0n) is 16.3. The van der Waals surface area contributed by atoms with Crippen molar-refractivity contribution >= 4 is 17.5 Å². The third-order valence-corrected chi connectivity index (χ3v) is 5.01. The fraction of sp³-hybridized carbons (Fsp3) is 0.182. The lowest BCUT2D eigenvalue weighted by atomic mass is 10.0. The second-order valence-corrected chi connectivity index (χ2v) is 7.37. The van der Waals surface area contributed by atoms with E-state index in [1.807, 2.05) is 18.2 Å². The number of aromatic nitrogens is 4. The largest absolute Gasteiger partial charge is 0.335 e. The summed E-state index contributed by atoms with van der Waals surface area (Å²) < 4.78 is 15.6. The number of nitrogens with zero attached hydrogens (tertiary/aromatic N) is 4. The Balaban J connectivity index is 1.60. The van der Waals surface area contributed by atoms with Gasteiger partial charge in [-0.1, -0.05) is 0 Å². The summed E-state index contributed by atoms with van der Waals surface area (Å²) in [7, 11) is 0. The number of pyridine rings is 1. The van der Waals surface area contributed by atoms with Gasteiger partial charge in [-0.3, -0.25) is 5.32 Å². The number of benzene rings is 1. The molecule has 1 aliphatic carbocycles. The van der Waals surface area contributed by atoms with E-state index in [4.69, 9.17) is 4.98 Å². The summed E-state index contributed by atoms with van der Waals surface area (Å²) >= 11 is 0. The van der Waals surface area contributed by atoms with Crippen LogP contribution in [0.1, 0.15) is 18.4 Å². The van der Waals surface area contributed by atoms with Gasteiger partial charge in [-0.05, 0) is 67.8 Å². The third-order valence-electron chi connectivity index (χ3n) is 5.01. The van der Waals surface area contributed by atoms with Crippen molar-refractivity contribution < 1.29 is 9.18 Å². The predicted octanol–water partition coefficient (Wildman–Crippen LogP) is 4.19. The molecule has 2 amide bonds. The lowest BCUT2D eigenvalue weighted by Crippen LogP contribution is -2.30. The number of halogens is 1. The number of hydrogen-bond donors (Lipinski definition) is 2. The molecule has 4 aromatic rings. The van der Waals surface area contributed by atoms with Gasteiger partial charge in [0.1, 0.15) is 17.3 Å². The van der Waals surface area contributed by atoms with Crippen LogP contribution in [0.4, 0.5) is 15.0 Å². The zero-order chi connectivity index (χ0) is 20.7. The Hall–Kier alpha value is -3.81.